The molecule has 0 spiro atoms. The highest BCUT2D eigenvalue weighted by atomic mass is 16.3. The summed E-state index contributed by atoms with van der Waals surface area (Å²) in [7, 11) is 1.84. The lowest BCUT2D eigenvalue weighted by Gasteiger charge is -2.31. The standard InChI is InChI=1S/C13H22N2O2/c1-13(2,3)11(7-9-16)14-12(17)10-6-5-8-15(10)4/h5-6,8,11,16H,7,9H2,1-4H3,(H,14,17). The number of aliphatic hydroxyl groups excluding tert-OH is 1. The number of aryl methyl sites for hydroxylation is 1. The second-order valence-corrected chi connectivity index (χ2v) is 5.41. The number of carbonyl (C=O) groups excluding carboxylic acids is 1. The van der Waals surface area contributed by atoms with Gasteiger partial charge in [-0.2, -0.15) is 0 Å². The first-order valence-electron chi connectivity index (χ1n) is 5.89. The fraction of sp³-hybridized carbons (Fsp3) is 0.615. The molecule has 2 N–H and O–H groups in total. The smallest absolute Gasteiger partial charge is 0.268 e. The quantitative estimate of drug-likeness (QED) is 0.836. The predicted octanol–water partition coefficient (Wildman–Crippen LogP) is 1.55. The third kappa shape index (κ3) is 3.60. The number of aliphatic hydroxyl groups is 1. The number of nitrogens with one attached hydrogen (secondary N) is 1. The number of carbonyl (C=O) groups is 1. The maximum Gasteiger partial charge on any atom is 0.268 e. The highest BCUT2D eigenvalue weighted by Crippen LogP contribution is 2.22. The first-order chi connectivity index (χ1) is 7.86. The van der Waals surface area contributed by atoms with E-state index in [1.807, 2.05) is 19.3 Å². The van der Waals surface area contributed by atoms with Crippen LogP contribution >= 0.6 is 0 Å². The molecule has 0 saturated heterocycles. The van der Waals surface area contributed by atoms with Gasteiger partial charge in [0.1, 0.15) is 5.69 Å². The molecule has 4 heteroatoms. The van der Waals surface area contributed by atoms with Crippen molar-refractivity contribution in [2.45, 2.75) is 33.2 Å². The molecule has 0 aromatic carbocycles. The molecule has 96 valence electrons. The van der Waals surface area contributed by atoms with E-state index in [-0.39, 0.29) is 24.0 Å². The number of nitrogens with zero attached hydrogens (tertiary/aromatic N) is 1. The van der Waals surface area contributed by atoms with Gasteiger partial charge in [-0.15, -0.1) is 0 Å². The molecular weight excluding hydrogens is 216 g/mol. The maximum atomic E-state index is 12.0. The molecule has 17 heavy (non-hydrogen) atoms. The summed E-state index contributed by atoms with van der Waals surface area (Å²) in [4.78, 5) is 12.0. The monoisotopic (exact) mass is 238 g/mol. The van der Waals surface area contributed by atoms with Crippen LogP contribution < -0.4 is 5.32 Å². The van der Waals surface area contributed by atoms with Crippen LogP contribution in [0.5, 0.6) is 0 Å². The van der Waals surface area contributed by atoms with Crippen molar-refractivity contribution in [2.75, 3.05) is 6.61 Å². The Morgan fingerprint density at radius 3 is 2.59 bits per heavy atom. The molecule has 1 atom stereocenters. The van der Waals surface area contributed by atoms with Crippen LogP contribution in [0, 0.1) is 5.41 Å². The van der Waals surface area contributed by atoms with Gasteiger partial charge in [-0.05, 0) is 24.0 Å². The van der Waals surface area contributed by atoms with E-state index >= 15 is 0 Å². The molecule has 1 aromatic heterocycles. The van der Waals surface area contributed by atoms with Gasteiger partial charge in [0.2, 0.25) is 0 Å². The third-order valence-corrected chi connectivity index (χ3v) is 2.94. The van der Waals surface area contributed by atoms with Gasteiger partial charge in [-0.25, -0.2) is 0 Å². The molecule has 0 bridgehead atoms. The molecule has 1 heterocycles. The van der Waals surface area contributed by atoms with Crippen molar-refractivity contribution in [1.82, 2.24) is 9.88 Å². The summed E-state index contributed by atoms with van der Waals surface area (Å²) in [5.41, 5.74) is 0.570. The highest BCUT2D eigenvalue weighted by molar-refractivity contribution is 5.92. The van der Waals surface area contributed by atoms with Gasteiger partial charge in [-0.1, -0.05) is 20.8 Å². The summed E-state index contributed by atoms with van der Waals surface area (Å²) in [6.45, 7) is 6.24. The van der Waals surface area contributed by atoms with Crippen LogP contribution in [0.25, 0.3) is 0 Å². The molecule has 0 aliphatic heterocycles. The molecule has 0 aliphatic rings. The number of amides is 1. The lowest BCUT2D eigenvalue weighted by atomic mass is 9.85. The summed E-state index contributed by atoms with van der Waals surface area (Å²) < 4.78 is 1.79. The summed E-state index contributed by atoms with van der Waals surface area (Å²) in [6, 6.07) is 3.59. The molecule has 4 nitrogen and oxygen atoms in total. The maximum absolute atomic E-state index is 12.0. The molecule has 1 amide bonds. The van der Waals surface area contributed by atoms with E-state index in [1.165, 1.54) is 0 Å². The number of rotatable bonds is 4. The van der Waals surface area contributed by atoms with E-state index in [2.05, 4.69) is 26.1 Å². The first kappa shape index (κ1) is 13.8. The lowest BCUT2D eigenvalue weighted by Crippen LogP contribution is -2.44. The topological polar surface area (TPSA) is 54.3 Å². The minimum absolute atomic E-state index is 0.0325. The minimum atomic E-state index is -0.0918. The van der Waals surface area contributed by atoms with Crippen LogP contribution in [0.3, 0.4) is 0 Å². The lowest BCUT2D eigenvalue weighted by molar-refractivity contribution is 0.0877. The van der Waals surface area contributed by atoms with Crippen molar-refractivity contribution >= 4 is 5.91 Å². The third-order valence-electron chi connectivity index (χ3n) is 2.94. The Bertz CT molecular complexity index is 377. The van der Waals surface area contributed by atoms with E-state index < -0.39 is 0 Å². The van der Waals surface area contributed by atoms with Crippen LogP contribution in [0.2, 0.25) is 0 Å². The van der Waals surface area contributed by atoms with Gasteiger partial charge >= 0.3 is 0 Å². The summed E-state index contributed by atoms with van der Waals surface area (Å²) >= 11 is 0. The zero-order valence-electron chi connectivity index (χ0n) is 11.0. The number of hydrogen-bond donors (Lipinski definition) is 2. The van der Waals surface area contributed by atoms with Gasteiger partial charge in [-0.3, -0.25) is 4.79 Å². The van der Waals surface area contributed by atoms with Gasteiger partial charge in [0.15, 0.2) is 0 Å². The van der Waals surface area contributed by atoms with Crippen LogP contribution in [0.15, 0.2) is 18.3 Å². The molecule has 0 radical (unpaired) electrons. The van der Waals surface area contributed by atoms with Crippen molar-refractivity contribution in [2.24, 2.45) is 12.5 Å². The molecular formula is C13H22N2O2. The molecule has 1 aromatic rings. The van der Waals surface area contributed by atoms with Crippen LogP contribution in [-0.2, 0) is 7.05 Å². The average molecular weight is 238 g/mol. The van der Waals surface area contributed by atoms with Crippen molar-refractivity contribution in [1.29, 1.82) is 0 Å². The first-order valence-corrected chi connectivity index (χ1v) is 5.89. The average Bonchev–Trinajstić information content (AvgIpc) is 2.62. The van der Waals surface area contributed by atoms with Gasteiger partial charge in [0.05, 0.1) is 0 Å². The number of aromatic nitrogens is 1. The summed E-state index contributed by atoms with van der Waals surface area (Å²) in [6.07, 6.45) is 2.41. The van der Waals surface area contributed by atoms with Gasteiger partial charge < -0.3 is 15.0 Å². The Balaban J connectivity index is 2.75. The second-order valence-electron chi connectivity index (χ2n) is 5.41. The van der Waals surface area contributed by atoms with E-state index in [9.17, 15) is 4.79 Å². The van der Waals surface area contributed by atoms with Gasteiger partial charge in [0, 0.05) is 25.9 Å². The fourth-order valence-electron chi connectivity index (χ4n) is 1.78. The van der Waals surface area contributed by atoms with E-state index in [0.29, 0.717) is 12.1 Å². The Hall–Kier alpha value is -1.29. The predicted molar refractivity (Wildman–Crippen MR) is 67.8 cm³/mol. The molecule has 0 aliphatic carbocycles. The van der Waals surface area contributed by atoms with Crippen LogP contribution in [0.1, 0.15) is 37.7 Å². The zero-order valence-corrected chi connectivity index (χ0v) is 11.0. The molecule has 0 fully saturated rings. The van der Waals surface area contributed by atoms with Gasteiger partial charge in [0.25, 0.3) is 5.91 Å². The SMILES string of the molecule is Cn1cccc1C(=O)NC(CCO)C(C)(C)C. The summed E-state index contributed by atoms with van der Waals surface area (Å²) in [5.74, 6) is -0.0918. The molecule has 0 saturated carbocycles. The van der Waals surface area contributed by atoms with E-state index in [4.69, 9.17) is 5.11 Å². The minimum Gasteiger partial charge on any atom is -0.396 e. The summed E-state index contributed by atoms with van der Waals surface area (Å²) in [5, 5.41) is 12.0. The molecule has 1 rings (SSSR count). The van der Waals surface area contributed by atoms with Crippen LogP contribution in [-0.4, -0.2) is 28.2 Å². The van der Waals surface area contributed by atoms with Crippen molar-refractivity contribution in [3.63, 3.8) is 0 Å². The largest absolute Gasteiger partial charge is 0.396 e. The van der Waals surface area contributed by atoms with Crippen molar-refractivity contribution in [3.05, 3.63) is 24.0 Å². The number of hydrogen-bond acceptors (Lipinski definition) is 2. The normalized spacial score (nSPS) is 13.5. The highest BCUT2D eigenvalue weighted by Gasteiger charge is 2.26. The fourth-order valence-corrected chi connectivity index (χ4v) is 1.78. The zero-order chi connectivity index (χ0) is 13.1. The Morgan fingerprint density at radius 1 is 1.53 bits per heavy atom. The van der Waals surface area contributed by atoms with Crippen molar-refractivity contribution < 1.29 is 9.90 Å². The Morgan fingerprint density at radius 2 is 2.18 bits per heavy atom. The molecule has 1 unspecified atom stereocenters. The van der Waals surface area contributed by atoms with Crippen molar-refractivity contribution in [3.8, 4) is 0 Å². The van der Waals surface area contributed by atoms with Crippen LogP contribution in [0.4, 0.5) is 0 Å². The Labute approximate surface area is 103 Å². The van der Waals surface area contributed by atoms with E-state index in [0.717, 1.165) is 0 Å². The van der Waals surface area contributed by atoms with E-state index in [1.54, 1.807) is 10.6 Å². The second kappa shape index (κ2) is 5.36. The Kier molecular flexibility index (Phi) is 4.34.